The molecule has 0 aromatic heterocycles. The summed E-state index contributed by atoms with van der Waals surface area (Å²) in [6, 6.07) is 14.2. The lowest BCUT2D eigenvalue weighted by atomic mass is 9.92. The molecule has 2 amide bonds. The number of rotatable bonds is 5. The molecule has 1 fully saturated rings. The monoisotopic (exact) mass is 353 g/mol. The van der Waals surface area contributed by atoms with Crippen molar-refractivity contribution >= 4 is 17.5 Å². The Balaban J connectivity index is 1.64. The molecule has 4 N–H and O–H groups in total. The molecule has 26 heavy (non-hydrogen) atoms. The van der Waals surface area contributed by atoms with E-state index in [4.69, 9.17) is 10.5 Å². The molecule has 1 aliphatic rings. The van der Waals surface area contributed by atoms with Crippen LogP contribution in [0.25, 0.3) is 0 Å². The van der Waals surface area contributed by atoms with Gasteiger partial charge in [0.15, 0.2) is 0 Å². The normalized spacial score (nSPS) is 19.6. The van der Waals surface area contributed by atoms with E-state index in [-0.39, 0.29) is 11.8 Å². The minimum atomic E-state index is -0.541. The summed E-state index contributed by atoms with van der Waals surface area (Å²) in [6.45, 7) is 2.96. The van der Waals surface area contributed by atoms with Crippen molar-refractivity contribution in [1.82, 2.24) is 5.32 Å². The number of anilines is 1. The Morgan fingerprint density at radius 3 is 2.58 bits per heavy atom. The first-order chi connectivity index (χ1) is 12.5. The number of carbonyl (C=O) groups is 2. The van der Waals surface area contributed by atoms with E-state index in [0.29, 0.717) is 23.1 Å². The number of benzene rings is 2. The molecule has 6 heteroatoms. The van der Waals surface area contributed by atoms with Crippen molar-refractivity contribution in [3.63, 3.8) is 0 Å². The van der Waals surface area contributed by atoms with Crippen LogP contribution in [0.2, 0.25) is 0 Å². The molecule has 2 aromatic carbocycles. The van der Waals surface area contributed by atoms with Crippen LogP contribution < -0.4 is 21.1 Å². The molecule has 0 saturated carbocycles. The van der Waals surface area contributed by atoms with Gasteiger partial charge in [0, 0.05) is 17.6 Å². The molecule has 0 aliphatic carbocycles. The number of nitrogens with two attached hydrogens (primary N) is 1. The van der Waals surface area contributed by atoms with Crippen molar-refractivity contribution in [3.8, 4) is 11.5 Å². The van der Waals surface area contributed by atoms with Crippen LogP contribution in [0.5, 0.6) is 11.5 Å². The van der Waals surface area contributed by atoms with Gasteiger partial charge in [-0.15, -0.1) is 0 Å². The van der Waals surface area contributed by atoms with Gasteiger partial charge >= 0.3 is 0 Å². The van der Waals surface area contributed by atoms with E-state index in [1.54, 1.807) is 48.5 Å². The number of primary amides is 1. The number of piperidine rings is 1. The highest BCUT2D eigenvalue weighted by Crippen LogP contribution is 2.26. The number of hydrogen-bond acceptors (Lipinski definition) is 4. The summed E-state index contributed by atoms with van der Waals surface area (Å²) < 4.78 is 5.74. The number of hydrogen-bond donors (Lipinski definition) is 3. The van der Waals surface area contributed by atoms with E-state index in [1.165, 1.54) is 0 Å². The quantitative estimate of drug-likeness (QED) is 0.770. The van der Waals surface area contributed by atoms with Crippen LogP contribution in [0.4, 0.5) is 5.69 Å². The standard InChI is InChI=1S/C20H23N3O3/c1-13-12-14(10-11-22-13)20(25)23-15-6-8-16(9-7-15)26-18-5-3-2-4-17(18)19(21)24/h2-9,13-14,22H,10-12H2,1H3,(H2,21,24)(H,23,25)/t13-,14-/m0/s1. The van der Waals surface area contributed by atoms with Crippen molar-refractivity contribution in [2.45, 2.75) is 25.8 Å². The fourth-order valence-electron chi connectivity index (χ4n) is 3.11. The van der Waals surface area contributed by atoms with Gasteiger partial charge in [-0.2, -0.15) is 0 Å². The maximum atomic E-state index is 12.4. The molecule has 0 spiro atoms. The first-order valence-corrected chi connectivity index (χ1v) is 8.74. The average molecular weight is 353 g/mol. The Bertz CT molecular complexity index is 789. The van der Waals surface area contributed by atoms with Crippen molar-refractivity contribution in [2.24, 2.45) is 11.7 Å². The molecule has 2 atom stereocenters. The Morgan fingerprint density at radius 2 is 1.88 bits per heavy atom. The average Bonchev–Trinajstić information content (AvgIpc) is 2.63. The molecule has 136 valence electrons. The second-order valence-corrected chi connectivity index (χ2v) is 6.55. The third-order valence-electron chi connectivity index (χ3n) is 4.50. The van der Waals surface area contributed by atoms with E-state index in [2.05, 4.69) is 17.6 Å². The minimum absolute atomic E-state index is 0.0321. The molecule has 3 rings (SSSR count). The molecular formula is C20H23N3O3. The van der Waals surface area contributed by atoms with E-state index >= 15 is 0 Å². The van der Waals surface area contributed by atoms with Crippen LogP contribution in [0.3, 0.4) is 0 Å². The Hall–Kier alpha value is -2.86. The highest BCUT2D eigenvalue weighted by atomic mass is 16.5. The fraction of sp³-hybridized carbons (Fsp3) is 0.300. The number of para-hydroxylation sites is 1. The topological polar surface area (TPSA) is 93.4 Å². The molecule has 1 aliphatic heterocycles. The van der Waals surface area contributed by atoms with Gasteiger partial charge in [-0.05, 0) is 62.7 Å². The lowest BCUT2D eigenvalue weighted by Crippen LogP contribution is -2.40. The van der Waals surface area contributed by atoms with E-state index in [9.17, 15) is 9.59 Å². The molecule has 0 bridgehead atoms. The zero-order valence-electron chi connectivity index (χ0n) is 14.7. The zero-order chi connectivity index (χ0) is 18.5. The summed E-state index contributed by atoms with van der Waals surface area (Å²) in [5.74, 6) is 0.504. The summed E-state index contributed by atoms with van der Waals surface area (Å²) in [6.07, 6.45) is 1.69. The third kappa shape index (κ3) is 4.40. The minimum Gasteiger partial charge on any atom is -0.457 e. The Labute approximate surface area is 152 Å². The van der Waals surface area contributed by atoms with Crippen LogP contribution in [0.1, 0.15) is 30.1 Å². The van der Waals surface area contributed by atoms with Crippen molar-refractivity contribution < 1.29 is 14.3 Å². The maximum Gasteiger partial charge on any atom is 0.252 e. The summed E-state index contributed by atoms with van der Waals surface area (Å²) in [7, 11) is 0. The van der Waals surface area contributed by atoms with Crippen LogP contribution in [0.15, 0.2) is 48.5 Å². The second kappa shape index (κ2) is 8.01. The van der Waals surface area contributed by atoms with Gasteiger partial charge < -0.3 is 21.1 Å². The zero-order valence-corrected chi connectivity index (χ0v) is 14.7. The maximum absolute atomic E-state index is 12.4. The SMILES string of the molecule is C[C@H]1C[C@@H](C(=O)Nc2ccc(Oc3ccccc3C(N)=O)cc2)CCN1. The van der Waals surface area contributed by atoms with E-state index < -0.39 is 5.91 Å². The molecule has 2 aromatic rings. The van der Waals surface area contributed by atoms with Crippen LogP contribution in [0, 0.1) is 5.92 Å². The van der Waals surface area contributed by atoms with Gasteiger partial charge in [0.2, 0.25) is 5.91 Å². The van der Waals surface area contributed by atoms with E-state index in [0.717, 1.165) is 25.1 Å². The fourth-order valence-corrected chi connectivity index (χ4v) is 3.11. The van der Waals surface area contributed by atoms with Gasteiger partial charge in [0.05, 0.1) is 5.56 Å². The number of amides is 2. The predicted octanol–water partition coefficient (Wildman–Crippen LogP) is 2.90. The molecule has 0 unspecified atom stereocenters. The van der Waals surface area contributed by atoms with Crippen LogP contribution in [-0.2, 0) is 4.79 Å². The Morgan fingerprint density at radius 1 is 1.15 bits per heavy atom. The molecular weight excluding hydrogens is 330 g/mol. The van der Waals surface area contributed by atoms with Gasteiger partial charge in [-0.3, -0.25) is 9.59 Å². The van der Waals surface area contributed by atoms with E-state index in [1.807, 2.05) is 0 Å². The van der Waals surface area contributed by atoms with Crippen LogP contribution >= 0.6 is 0 Å². The van der Waals surface area contributed by atoms with Crippen molar-refractivity contribution in [3.05, 3.63) is 54.1 Å². The molecule has 1 heterocycles. The lowest BCUT2D eigenvalue weighted by Gasteiger charge is -2.27. The molecule has 1 saturated heterocycles. The molecule has 6 nitrogen and oxygen atoms in total. The van der Waals surface area contributed by atoms with Gasteiger partial charge in [-0.25, -0.2) is 0 Å². The second-order valence-electron chi connectivity index (χ2n) is 6.55. The smallest absolute Gasteiger partial charge is 0.252 e. The summed E-state index contributed by atoms with van der Waals surface area (Å²) in [5, 5.41) is 6.30. The molecule has 0 radical (unpaired) electrons. The summed E-state index contributed by atoms with van der Waals surface area (Å²) >= 11 is 0. The number of carbonyl (C=O) groups excluding carboxylic acids is 2. The van der Waals surface area contributed by atoms with Gasteiger partial charge in [-0.1, -0.05) is 12.1 Å². The van der Waals surface area contributed by atoms with Crippen molar-refractivity contribution in [2.75, 3.05) is 11.9 Å². The van der Waals surface area contributed by atoms with Crippen molar-refractivity contribution in [1.29, 1.82) is 0 Å². The first-order valence-electron chi connectivity index (χ1n) is 8.74. The third-order valence-corrected chi connectivity index (χ3v) is 4.50. The summed E-state index contributed by atoms with van der Waals surface area (Å²) in [5.41, 5.74) is 6.40. The predicted molar refractivity (Wildman–Crippen MR) is 100 cm³/mol. The van der Waals surface area contributed by atoms with Crippen LogP contribution in [-0.4, -0.2) is 24.4 Å². The first kappa shape index (κ1) is 17.9. The summed E-state index contributed by atoms with van der Waals surface area (Å²) in [4.78, 5) is 23.8. The highest BCUT2D eigenvalue weighted by molar-refractivity contribution is 5.95. The Kier molecular flexibility index (Phi) is 5.53. The van der Waals surface area contributed by atoms with Gasteiger partial charge in [0.1, 0.15) is 11.5 Å². The highest BCUT2D eigenvalue weighted by Gasteiger charge is 2.24. The number of ether oxygens (including phenoxy) is 1. The largest absolute Gasteiger partial charge is 0.457 e. The van der Waals surface area contributed by atoms with Gasteiger partial charge in [0.25, 0.3) is 5.91 Å². The lowest BCUT2D eigenvalue weighted by molar-refractivity contribution is -0.120. The number of nitrogens with one attached hydrogen (secondary N) is 2.